The fourth-order valence-electron chi connectivity index (χ4n) is 1.61. The second-order valence-electron chi connectivity index (χ2n) is 4.00. The molecule has 0 radical (unpaired) electrons. The van der Waals surface area contributed by atoms with Crippen LogP contribution >= 0.6 is 11.8 Å². The van der Waals surface area contributed by atoms with Gasteiger partial charge in [-0.3, -0.25) is 0 Å². The van der Waals surface area contributed by atoms with E-state index in [4.69, 9.17) is 4.74 Å². The van der Waals surface area contributed by atoms with Gasteiger partial charge in [-0.2, -0.15) is 24.9 Å². The minimum atomic E-state index is -4.11. The topological polar surface area (TPSA) is 21.3 Å². The summed E-state index contributed by atoms with van der Waals surface area (Å²) in [5.41, 5.74) is 0. The van der Waals surface area contributed by atoms with Crippen LogP contribution in [0.1, 0.15) is 19.8 Å². The van der Waals surface area contributed by atoms with Crippen LogP contribution in [-0.2, 0) is 4.74 Å². The lowest BCUT2D eigenvalue weighted by Crippen LogP contribution is -2.33. The van der Waals surface area contributed by atoms with E-state index in [0.717, 1.165) is 26.1 Å². The molecule has 96 valence electrons. The second kappa shape index (κ2) is 6.71. The molecule has 6 heteroatoms. The van der Waals surface area contributed by atoms with E-state index in [1.54, 1.807) is 11.8 Å². The lowest BCUT2D eigenvalue weighted by atomic mass is 10.2. The molecule has 1 aliphatic heterocycles. The van der Waals surface area contributed by atoms with E-state index in [-0.39, 0.29) is 5.25 Å². The number of halogens is 3. The van der Waals surface area contributed by atoms with Crippen LogP contribution in [0.5, 0.6) is 0 Å². The first-order valence-corrected chi connectivity index (χ1v) is 6.42. The van der Waals surface area contributed by atoms with Crippen molar-refractivity contribution in [2.24, 2.45) is 0 Å². The number of hydrogen-bond acceptors (Lipinski definition) is 3. The summed E-state index contributed by atoms with van der Waals surface area (Å²) in [5.74, 6) is 0. The van der Waals surface area contributed by atoms with Gasteiger partial charge in [0.2, 0.25) is 0 Å². The molecule has 1 N–H and O–H groups in total. The molecule has 0 aliphatic carbocycles. The predicted octanol–water partition coefficient (Wildman–Crippen LogP) is 2.44. The van der Waals surface area contributed by atoms with E-state index in [0.29, 0.717) is 11.8 Å². The van der Waals surface area contributed by atoms with E-state index in [1.807, 2.05) is 6.92 Å². The Hall–Kier alpha value is 0.0600. The first-order valence-electron chi connectivity index (χ1n) is 5.48. The molecule has 1 saturated heterocycles. The summed E-state index contributed by atoms with van der Waals surface area (Å²) in [6, 6.07) is 0. The van der Waals surface area contributed by atoms with E-state index in [2.05, 4.69) is 5.32 Å². The largest absolute Gasteiger partial charge is 0.401 e. The van der Waals surface area contributed by atoms with Crippen LogP contribution in [0, 0.1) is 0 Å². The zero-order valence-corrected chi connectivity index (χ0v) is 10.2. The standard InChI is InChI=1S/C10H18F3NOS/c1-8(6-14-7-10(11,12)13)16-9-2-4-15-5-3-9/h8-9,14H,2-7H2,1H3. The summed E-state index contributed by atoms with van der Waals surface area (Å²) >= 11 is 1.76. The third kappa shape index (κ3) is 6.60. The van der Waals surface area contributed by atoms with Crippen molar-refractivity contribution in [3.63, 3.8) is 0 Å². The molecule has 0 aromatic heterocycles. The molecule has 0 amide bonds. The van der Waals surface area contributed by atoms with Crippen LogP contribution in [0.4, 0.5) is 13.2 Å². The highest BCUT2D eigenvalue weighted by Crippen LogP contribution is 2.25. The van der Waals surface area contributed by atoms with Crippen LogP contribution in [-0.4, -0.2) is 43.0 Å². The van der Waals surface area contributed by atoms with Gasteiger partial charge in [-0.25, -0.2) is 0 Å². The van der Waals surface area contributed by atoms with Gasteiger partial charge in [-0.1, -0.05) is 6.92 Å². The van der Waals surface area contributed by atoms with Gasteiger partial charge in [-0.05, 0) is 12.8 Å². The summed E-state index contributed by atoms with van der Waals surface area (Å²) in [4.78, 5) is 0. The Morgan fingerprint density at radius 1 is 1.38 bits per heavy atom. The molecule has 1 rings (SSSR count). The molecule has 0 aromatic carbocycles. The smallest absolute Gasteiger partial charge is 0.381 e. The van der Waals surface area contributed by atoms with Gasteiger partial charge < -0.3 is 10.1 Å². The molecule has 1 atom stereocenters. The molecule has 1 aliphatic rings. The van der Waals surface area contributed by atoms with Gasteiger partial charge in [-0.15, -0.1) is 0 Å². The van der Waals surface area contributed by atoms with Gasteiger partial charge in [0.1, 0.15) is 0 Å². The summed E-state index contributed by atoms with van der Waals surface area (Å²) in [5, 5.41) is 3.19. The zero-order chi connectivity index (χ0) is 12.0. The van der Waals surface area contributed by atoms with Crippen LogP contribution < -0.4 is 5.32 Å². The maximum Gasteiger partial charge on any atom is 0.401 e. The van der Waals surface area contributed by atoms with Crippen LogP contribution in [0.25, 0.3) is 0 Å². The highest BCUT2D eigenvalue weighted by Gasteiger charge is 2.26. The van der Waals surface area contributed by atoms with Gasteiger partial charge >= 0.3 is 6.18 Å². The van der Waals surface area contributed by atoms with Gasteiger partial charge in [0, 0.05) is 30.3 Å². The molecule has 1 unspecified atom stereocenters. The third-order valence-corrected chi connectivity index (χ3v) is 3.84. The molecule has 0 spiro atoms. The number of ether oxygens (including phenoxy) is 1. The number of rotatable bonds is 5. The zero-order valence-electron chi connectivity index (χ0n) is 9.35. The number of hydrogen-bond donors (Lipinski definition) is 1. The monoisotopic (exact) mass is 257 g/mol. The van der Waals surface area contributed by atoms with Crippen molar-refractivity contribution >= 4 is 11.8 Å². The van der Waals surface area contributed by atoms with Crippen molar-refractivity contribution in [1.82, 2.24) is 5.32 Å². The summed E-state index contributed by atoms with van der Waals surface area (Å²) < 4.78 is 40.9. The van der Waals surface area contributed by atoms with E-state index in [9.17, 15) is 13.2 Å². The molecule has 0 saturated carbocycles. The lowest BCUT2D eigenvalue weighted by molar-refractivity contribution is -0.124. The average molecular weight is 257 g/mol. The number of alkyl halides is 3. The van der Waals surface area contributed by atoms with Crippen LogP contribution in [0.3, 0.4) is 0 Å². The van der Waals surface area contributed by atoms with E-state index < -0.39 is 12.7 Å². The molecular weight excluding hydrogens is 239 g/mol. The van der Waals surface area contributed by atoms with Gasteiger partial charge in [0.15, 0.2) is 0 Å². The Morgan fingerprint density at radius 2 is 2.00 bits per heavy atom. The molecule has 16 heavy (non-hydrogen) atoms. The van der Waals surface area contributed by atoms with Crippen molar-refractivity contribution in [2.75, 3.05) is 26.3 Å². The quantitative estimate of drug-likeness (QED) is 0.817. The van der Waals surface area contributed by atoms with Gasteiger partial charge in [0.25, 0.3) is 0 Å². The van der Waals surface area contributed by atoms with E-state index >= 15 is 0 Å². The summed E-state index contributed by atoms with van der Waals surface area (Å²) in [6.45, 7) is 3.03. The van der Waals surface area contributed by atoms with Crippen LogP contribution in [0.15, 0.2) is 0 Å². The fourth-order valence-corrected chi connectivity index (χ4v) is 2.94. The SMILES string of the molecule is CC(CNCC(F)(F)F)SC1CCOCC1. The molecular formula is C10H18F3NOS. The third-order valence-electron chi connectivity index (χ3n) is 2.35. The fraction of sp³-hybridized carbons (Fsp3) is 1.00. The highest BCUT2D eigenvalue weighted by molar-refractivity contribution is 8.00. The van der Waals surface area contributed by atoms with Gasteiger partial charge in [0.05, 0.1) is 6.54 Å². The first-order chi connectivity index (χ1) is 7.47. The second-order valence-corrected chi connectivity index (χ2v) is 5.75. The minimum absolute atomic E-state index is 0.213. The van der Waals surface area contributed by atoms with Crippen molar-refractivity contribution in [1.29, 1.82) is 0 Å². The molecule has 1 heterocycles. The normalized spacial score (nSPS) is 21.0. The number of thioether (sulfide) groups is 1. The average Bonchev–Trinajstić information content (AvgIpc) is 2.17. The van der Waals surface area contributed by atoms with Crippen molar-refractivity contribution in [3.8, 4) is 0 Å². The summed E-state index contributed by atoms with van der Waals surface area (Å²) in [6.07, 6.45) is -2.09. The predicted molar refractivity (Wildman–Crippen MR) is 59.8 cm³/mol. The van der Waals surface area contributed by atoms with Crippen molar-refractivity contribution in [2.45, 2.75) is 36.4 Å². The Balaban J connectivity index is 2.08. The Bertz CT molecular complexity index is 195. The Kier molecular flexibility index (Phi) is 5.92. The first kappa shape index (κ1) is 14.1. The maximum absolute atomic E-state index is 11.9. The highest BCUT2D eigenvalue weighted by atomic mass is 32.2. The maximum atomic E-state index is 11.9. The molecule has 1 fully saturated rings. The minimum Gasteiger partial charge on any atom is -0.381 e. The van der Waals surface area contributed by atoms with Crippen molar-refractivity contribution < 1.29 is 17.9 Å². The molecule has 0 bridgehead atoms. The summed E-state index contributed by atoms with van der Waals surface area (Å²) in [7, 11) is 0. The lowest BCUT2D eigenvalue weighted by Gasteiger charge is -2.24. The van der Waals surface area contributed by atoms with Crippen molar-refractivity contribution in [3.05, 3.63) is 0 Å². The molecule has 2 nitrogen and oxygen atoms in total. The van der Waals surface area contributed by atoms with E-state index in [1.165, 1.54) is 0 Å². The Labute approximate surface area is 98.3 Å². The number of nitrogens with one attached hydrogen (secondary N) is 1. The Morgan fingerprint density at radius 3 is 2.56 bits per heavy atom. The molecule has 0 aromatic rings. The van der Waals surface area contributed by atoms with Crippen LogP contribution in [0.2, 0.25) is 0 Å².